The van der Waals surface area contributed by atoms with Gasteiger partial charge in [0.1, 0.15) is 0 Å². The maximum Gasteiger partial charge on any atom is 0.185 e. The van der Waals surface area contributed by atoms with Crippen LogP contribution in [0.25, 0.3) is 0 Å². The lowest BCUT2D eigenvalue weighted by Gasteiger charge is -2.31. The summed E-state index contributed by atoms with van der Waals surface area (Å²) in [6.45, 7) is 9.03. The van der Waals surface area contributed by atoms with E-state index < -0.39 is 0 Å². The van der Waals surface area contributed by atoms with E-state index in [4.69, 9.17) is 11.5 Å². The molecule has 102 valence electrons. The molecule has 0 unspecified atom stereocenters. The highest BCUT2D eigenvalue weighted by Gasteiger charge is 2.18. The summed E-state index contributed by atoms with van der Waals surface area (Å²) in [5.74, 6) is 1.71. The third-order valence-electron chi connectivity index (χ3n) is 3.26. The van der Waals surface area contributed by atoms with E-state index in [0.717, 1.165) is 12.5 Å². The number of hydrogen-bond donors (Lipinski definition) is 2. The summed E-state index contributed by atoms with van der Waals surface area (Å²) < 4.78 is 0. The highest BCUT2D eigenvalue weighted by atomic mass is 127. The zero-order valence-electron chi connectivity index (χ0n) is 11.1. The van der Waals surface area contributed by atoms with Gasteiger partial charge in [-0.3, -0.25) is 4.99 Å². The zero-order valence-corrected chi connectivity index (χ0v) is 13.4. The van der Waals surface area contributed by atoms with Crippen molar-refractivity contribution in [2.45, 2.75) is 33.1 Å². The molecule has 1 heterocycles. The van der Waals surface area contributed by atoms with E-state index in [-0.39, 0.29) is 29.9 Å². The average molecular weight is 354 g/mol. The molecule has 0 amide bonds. The van der Waals surface area contributed by atoms with Crippen LogP contribution in [0.5, 0.6) is 0 Å². The predicted octanol–water partition coefficient (Wildman–Crippen LogP) is 1.64. The van der Waals surface area contributed by atoms with E-state index >= 15 is 0 Å². The minimum Gasteiger partial charge on any atom is -0.370 e. The van der Waals surface area contributed by atoms with E-state index in [1.165, 1.54) is 38.9 Å². The van der Waals surface area contributed by atoms with Crippen molar-refractivity contribution in [1.29, 1.82) is 0 Å². The summed E-state index contributed by atoms with van der Waals surface area (Å²) in [6, 6.07) is 0. The number of hydrogen-bond acceptors (Lipinski definition) is 2. The van der Waals surface area contributed by atoms with Crippen LogP contribution in [-0.2, 0) is 0 Å². The fourth-order valence-electron chi connectivity index (χ4n) is 2.07. The highest BCUT2D eigenvalue weighted by molar-refractivity contribution is 14.0. The second kappa shape index (κ2) is 8.97. The molecule has 0 atom stereocenters. The molecule has 0 saturated carbocycles. The van der Waals surface area contributed by atoms with Gasteiger partial charge in [-0.25, -0.2) is 0 Å². The first kappa shape index (κ1) is 17.0. The highest BCUT2D eigenvalue weighted by Crippen LogP contribution is 2.18. The van der Waals surface area contributed by atoms with Gasteiger partial charge in [0, 0.05) is 6.54 Å². The topological polar surface area (TPSA) is 67.6 Å². The van der Waals surface area contributed by atoms with E-state index in [1.54, 1.807) is 0 Å². The van der Waals surface area contributed by atoms with Gasteiger partial charge in [0.2, 0.25) is 0 Å². The van der Waals surface area contributed by atoms with Gasteiger partial charge in [-0.05, 0) is 50.7 Å². The number of likely N-dealkylation sites (tertiary alicyclic amines) is 1. The minimum atomic E-state index is 0. The minimum absolute atomic E-state index is 0. The Labute approximate surface area is 122 Å². The number of nitrogens with zero attached hydrogens (tertiary/aromatic N) is 2. The van der Waals surface area contributed by atoms with Gasteiger partial charge in [-0.2, -0.15) is 0 Å². The largest absolute Gasteiger partial charge is 0.370 e. The summed E-state index contributed by atoms with van der Waals surface area (Å²) in [5.41, 5.74) is 10.7. The molecule has 0 aromatic carbocycles. The Morgan fingerprint density at radius 3 is 2.35 bits per heavy atom. The van der Waals surface area contributed by atoms with Crippen molar-refractivity contribution in [3.05, 3.63) is 0 Å². The van der Waals surface area contributed by atoms with Crippen LogP contribution in [0.4, 0.5) is 0 Å². The molecule has 0 spiro atoms. The maximum absolute atomic E-state index is 5.34. The molecule has 0 aliphatic carbocycles. The van der Waals surface area contributed by atoms with E-state index in [0.29, 0.717) is 5.92 Å². The monoisotopic (exact) mass is 354 g/mol. The SMILES string of the molecule is CC(C)CCN1CCC(CN=C(N)N)CC1.I. The smallest absolute Gasteiger partial charge is 0.185 e. The Balaban J connectivity index is 0.00000256. The molecular weight excluding hydrogens is 327 g/mol. The molecule has 17 heavy (non-hydrogen) atoms. The van der Waals surface area contributed by atoms with Crippen molar-refractivity contribution < 1.29 is 0 Å². The first-order valence-electron chi connectivity index (χ1n) is 6.35. The number of halogens is 1. The molecule has 0 radical (unpaired) electrons. The third kappa shape index (κ3) is 7.81. The number of nitrogens with two attached hydrogens (primary N) is 2. The molecule has 0 aromatic heterocycles. The van der Waals surface area contributed by atoms with Gasteiger partial charge < -0.3 is 16.4 Å². The fraction of sp³-hybridized carbons (Fsp3) is 0.917. The molecule has 1 rings (SSSR count). The molecule has 1 aliphatic rings. The lowest BCUT2D eigenvalue weighted by atomic mass is 9.96. The van der Waals surface area contributed by atoms with Crippen molar-refractivity contribution in [3.63, 3.8) is 0 Å². The molecular formula is C12H27IN4. The number of aliphatic imine (C=N–C) groups is 1. The Morgan fingerprint density at radius 2 is 1.88 bits per heavy atom. The van der Waals surface area contributed by atoms with Crippen molar-refractivity contribution in [3.8, 4) is 0 Å². The van der Waals surface area contributed by atoms with Gasteiger partial charge in [0.05, 0.1) is 0 Å². The first-order chi connectivity index (χ1) is 7.58. The molecule has 1 saturated heterocycles. The zero-order chi connectivity index (χ0) is 12.0. The molecule has 1 aliphatic heterocycles. The first-order valence-corrected chi connectivity index (χ1v) is 6.35. The van der Waals surface area contributed by atoms with Gasteiger partial charge in [-0.1, -0.05) is 13.8 Å². The molecule has 4 nitrogen and oxygen atoms in total. The van der Waals surface area contributed by atoms with Crippen molar-refractivity contribution in [2.75, 3.05) is 26.2 Å². The molecule has 0 bridgehead atoms. The number of guanidine groups is 1. The number of rotatable bonds is 5. The maximum atomic E-state index is 5.34. The molecule has 0 aromatic rings. The summed E-state index contributed by atoms with van der Waals surface area (Å²) in [5, 5.41) is 0. The quantitative estimate of drug-likeness (QED) is 0.448. The second-order valence-electron chi connectivity index (χ2n) is 5.23. The van der Waals surface area contributed by atoms with Gasteiger partial charge >= 0.3 is 0 Å². The van der Waals surface area contributed by atoms with Crippen LogP contribution in [0, 0.1) is 11.8 Å². The summed E-state index contributed by atoms with van der Waals surface area (Å²) in [4.78, 5) is 6.66. The normalized spacial score (nSPS) is 17.8. The van der Waals surface area contributed by atoms with Gasteiger partial charge in [0.15, 0.2) is 5.96 Å². The van der Waals surface area contributed by atoms with Crippen LogP contribution in [0.15, 0.2) is 4.99 Å². The van der Waals surface area contributed by atoms with Gasteiger partial charge in [0.25, 0.3) is 0 Å². The average Bonchev–Trinajstić information content (AvgIpc) is 2.25. The van der Waals surface area contributed by atoms with E-state index in [2.05, 4.69) is 23.7 Å². The molecule has 5 heteroatoms. The van der Waals surface area contributed by atoms with Crippen LogP contribution < -0.4 is 11.5 Å². The Morgan fingerprint density at radius 1 is 1.29 bits per heavy atom. The van der Waals surface area contributed by atoms with Crippen LogP contribution in [0.1, 0.15) is 33.1 Å². The van der Waals surface area contributed by atoms with Crippen LogP contribution in [0.3, 0.4) is 0 Å². The van der Waals surface area contributed by atoms with Crippen LogP contribution >= 0.6 is 24.0 Å². The molecule has 1 fully saturated rings. The van der Waals surface area contributed by atoms with Crippen molar-refractivity contribution >= 4 is 29.9 Å². The van der Waals surface area contributed by atoms with Crippen molar-refractivity contribution in [1.82, 2.24) is 4.90 Å². The Bertz CT molecular complexity index is 219. The Kier molecular flexibility index (Phi) is 8.94. The summed E-state index contributed by atoms with van der Waals surface area (Å²) in [6.07, 6.45) is 3.77. The Hall–Kier alpha value is -0.0400. The van der Waals surface area contributed by atoms with Crippen LogP contribution in [-0.4, -0.2) is 37.0 Å². The lowest BCUT2D eigenvalue weighted by Crippen LogP contribution is -2.36. The van der Waals surface area contributed by atoms with E-state index in [9.17, 15) is 0 Å². The third-order valence-corrected chi connectivity index (χ3v) is 3.26. The van der Waals surface area contributed by atoms with Crippen molar-refractivity contribution in [2.24, 2.45) is 28.3 Å². The number of piperidine rings is 1. The van der Waals surface area contributed by atoms with E-state index in [1.807, 2.05) is 0 Å². The second-order valence-corrected chi connectivity index (χ2v) is 5.23. The predicted molar refractivity (Wildman–Crippen MR) is 84.7 cm³/mol. The molecule has 4 N–H and O–H groups in total. The standard InChI is InChI=1S/C12H26N4.HI/c1-10(2)3-6-16-7-4-11(5-8-16)9-15-12(13)14;/h10-11H,3-9H2,1-2H3,(H4,13,14,15);1H. The summed E-state index contributed by atoms with van der Waals surface area (Å²) in [7, 11) is 0. The summed E-state index contributed by atoms with van der Waals surface area (Å²) >= 11 is 0. The van der Waals surface area contributed by atoms with Gasteiger partial charge in [-0.15, -0.1) is 24.0 Å². The lowest BCUT2D eigenvalue weighted by molar-refractivity contribution is 0.180. The fourth-order valence-corrected chi connectivity index (χ4v) is 2.07. The van der Waals surface area contributed by atoms with Crippen LogP contribution in [0.2, 0.25) is 0 Å².